The third-order valence-electron chi connectivity index (χ3n) is 7.12. The van der Waals surface area contributed by atoms with Crippen molar-refractivity contribution in [2.75, 3.05) is 23.3 Å². The average Bonchev–Trinajstić information content (AvgIpc) is 3.23. The SMILES string of the molecule is CCNc1ccc(-c2c3c(nn2-c2c(C)cccc2C)CCN(c2ccccc2C(C)C)C3)cc1. The number of aromatic nitrogens is 2. The van der Waals surface area contributed by atoms with E-state index in [1.54, 1.807) is 0 Å². The summed E-state index contributed by atoms with van der Waals surface area (Å²) in [6.07, 6.45) is 0.947. The number of nitrogens with one attached hydrogen (secondary N) is 1. The number of benzene rings is 3. The Hall–Kier alpha value is -3.53. The Morgan fingerprint density at radius 1 is 0.914 bits per heavy atom. The Balaban J connectivity index is 1.66. The van der Waals surface area contributed by atoms with Gasteiger partial charge in [-0.2, -0.15) is 5.10 Å². The first-order valence-corrected chi connectivity index (χ1v) is 12.8. The number of hydrogen-bond donors (Lipinski definition) is 1. The summed E-state index contributed by atoms with van der Waals surface area (Å²) in [6, 6.07) is 24.2. The van der Waals surface area contributed by atoms with Crippen molar-refractivity contribution >= 4 is 11.4 Å². The molecule has 0 atom stereocenters. The van der Waals surface area contributed by atoms with Gasteiger partial charge >= 0.3 is 0 Å². The lowest BCUT2D eigenvalue weighted by molar-refractivity contribution is 0.706. The predicted molar refractivity (Wildman–Crippen MR) is 148 cm³/mol. The predicted octanol–water partition coefficient (Wildman–Crippen LogP) is 7.27. The van der Waals surface area contributed by atoms with E-state index >= 15 is 0 Å². The molecule has 0 amide bonds. The van der Waals surface area contributed by atoms with E-state index in [1.807, 2.05) is 0 Å². The minimum atomic E-state index is 0.489. The van der Waals surface area contributed by atoms with Gasteiger partial charge in [-0.05, 0) is 61.6 Å². The molecule has 4 nitrogen and oxygen atoms in total. The van der Waals surface area contributed by atoms with E-state index in [9.17, 15) is 0 Å². The van der Waals surface area contributed by atoms with Crippen LogP contribution in [0.5, 0.6) is 0 Å². The maximum absolute atomic E-state index is 5.24. The summed E-state index contributed by atoms with van der Waals surface area (Å²) in [5.41, 5.74) is 12.6. The van der Waals surface area contributed by atoms with Crippen LogP contribution >= 0.6 is 0 Å². The lowest BCUT2D eigenvalue weighted by Gasteiger charge is -2.31. The molecule has 1 aliphatic rings. The number of para-hydroxylation sites is 2. The van der Waals surface area contributed by atoms with Gasteiger partial charge in [0, 0.05) is 48.6 Å². The van der Waals surface area contributed by atoms with Crippen molar-refractivity contribution in [3.05, 3.63) is 94.7 Å². The average molecular weight is 465 g/mol. The van der Waals surface area contributed by atoms with Crippen molar-refractivity contribution in [2.45, 2.75) is 53.5 Å². The van der Waals surface area contributed by atoms with Crippen LogP contribution in [0.2, 0.25) is 0 Å². The van der Waals surface area contributed by atoms with Crippen LogP contribution in [0.15, 0.2) is 66.7 Å². The van der Waals surface area contributed by atoms with Crippen molar-refractivity contribution in [1.82, 2.24) is 9.78 Å². The second kappa shape index (κ2) is 9.61. The maximum Gasteiger partial charge on any atom is 0.0794 e. The molecule has 180 valence electrons. The molecule has 4 heteroatoms. The van der Waals surface area contributed by atoms with Crippen LogP contribution in [0.25, 0.3) is 16.9 Å². The second-order valence-electron chi connectivity index (χ2n) is 9.92. The van der Waals surface area contributed by atoms with Crippen molar-refractivity contribution in [3.8, 4) is 16.9 Å². The van der Waals surface area contributed by atoms with E-state index in [-0.39, 0.29) is 0 Å². The van der Waals surface area contributed by atoms with E-state index in [0.717, 1.165) is 31.7 Å². The molecule has 35 heavy (non-hydrogen) atoms. The van der Waals surface area contributed by atoms with E-state index < -0.39 is 0 Å². The van der Waals surface area contributed by atoms with Crippen LogP contribution in [0.3, 0.4) is 0 Å². The molecule has 0 saturated heterocycles. The lowest BCUT2D eigenvalue weighted by Crippen LogP contribution is -2.31. The normalized spacial score (nSPS) is 13.3. The number of hydrogen-bond acceptors (Lipinski definition) is 3. The fourth-order valence-electron chi connectivity index (χ4n) is 5.39. The molecule has 5 rings (SSSR count). The topological polar surface area (TPSA) is 33.1 Å². The summed E-state index contributed by atoms with van der Waals surface area (Å²) < 4.78 is 2.22. The molecule has 1 N–H and O–H groups in total. The number of fused-ring (bicyclic) bond motifs is 1. The van der Waals surface area contributed by atoms with Crippen molar-refractivity contribution in [2.24, 2.45) is 0 Å². The Morgan fingerprint density at radius 2 is 1.63 bits per heavy atom. The number of rotatable bonds is 6. The zero-order valence-electron chi connectivity index (χ0n) is 21.6. The van der Waals surface area contributed by atoms with Crippen LogP contribution in [-0.2, 0) is 13.0 Å². The third-order valence-corrected chi connectivity index (χ3v) is 7.12. The zero-order valence-corrected chi connectivity index (χ0v) is 21.6. The van der Waals surface area contributed by atoms with Gasteiger partial charge in [0.05, 0.1) is 17.1 Å². The molecule has 0 bridgehead atoms. The second-order valence-corrected chi connectivity index (χ2v) is 9.92. The van der Waals surface area contributed by atoms with E-state index in [2.05, 4.69) is 116 Å². The highest BCUT2D eigenvalue weighted by Crippen LogP contribution is 2.37. The fraction of sp³-hybridized carbons (Fsp3) is 0.323. The molecule has 0 unspecified atom stereocenters. The number of anilines is 2. The van der Waals surface area contributed by atoms with E-state index in [4.69, 9.17) is 5.10 Å². The first-order valence-electron chi connectivity index (χ1n) is 12.8. The molecule has 3 aromatic carbocycles. The summed E-state index contributed by atoms with van der Waals surface area (Å²) >= 11 is 0. The molecule has 2 heterocycles. The number of nitrogens with zero attached hydrogens (tertiary/aromatic N) is 3. The minimum absolute atomic E-state index is 0.489. The van der Waals surface area contributed by atoms with Gasteiger partial charge in [-0.15, -0.1) is 0 Å². The Bertz CT molecular complexity index is 1310. The molecule has 4 aromatic rings. The number of aryl methyl sites for hydroxylation is 2. The molecule has 0 radical (unpaired) electrons. The van der Waals surface area contributed by atoms with Crippen LogP contribution in [-0.4, -0.2) is 22.9 Å². The summed E-state index contributed by atoms with van der Waals surface area (Å²) in [6.45, 7) is 13.8. The zero-order chi connectivity index (χ0) is 24.5. The van der Waals surface area contributed by atoms with Gasteiger partial charge in [0.25, 0.3) is 0 Å². The Morgan fingerprint density at radius 3 is 2.31 bits per heavy atom. The summed E-state index contributed by atoms with van der Waals surface area (Å²) in [4.78, 5) is 2.55. The van der Waals surface area contributed by atoms with Gasteiger partial charge < -0.3 is 10.2 Å². The summed E-state index contributed by atoms with van der Waals surface area (Å²) in [5, 5.41) is 8.66. The molecule has 0 aliphatic carbocycles. The molecule has 0 spiro atoms. The van der Waals surface area contributed by atoms with Crippen LogP contribution in [0.1, 0.15) is 54.6 Å². The van der Waals surface area contributed by atoms with Gasteiger partial charge in [0.1, 0.15) is 0 Å². The first-order chi connectivity index (χ1) is 17.0. The van der Waals surface area contributed by atoms with Crippen LogP contribution < -0.4 is 10.2 Å². The highest BCUT2D eigenvalue weighted by molar-refractivity contribution is 5.72. The minimum Gasteiger partial charge on any atom is -0.385 e. The van der Waals surface area contributed by atoms with Gasteiger partial charge in [-0.25, -0.2) is 4.68 Å². The molecule has 0 fully saturated rings. The molecular weight excluding hydrogens is 428 g/mol. The largest absolute Gasteiger partial charge is 0.385 e. The van der Waals surface area contributed by atoms with Gasteiger partial charge in [0.15, 0.2) is 0 Å². The van der Waals surface area contributed by atoms with Crippen LogP contribution in [0, 0.1) is 13.8 Å². The van der Waals surface area contributed by atoms with E-state index in [1.165, 1.54) is 50.6 Å². The Labute approximate surface area is 209 Å². The highest BCUT2D eigenvalue weighted by Gasteiger charge is 2.28. The van der Waals surface area contributed by atoms with Crippen molar-refractivity contribution in [3.63, 3.8) is 0 Å². The first kappa shape index (κ1) is 23.2. The molecular formula is C31H36N4. The monoisotopic (exact) mass is 464 g/mol. The van der Waals surface area contributed by atoms with Crippen LogP contribution in [0.4, 0.5) is 11.4 Å². The third kappa shape index (κ3) is 4.34. The van der Waals surface area contributed by atoms with Gasteiger partial charge in [-0.3, -0.25) is 0 Å². The summed E-state index contributed by atoms with van der Waals surface area (Å²) in [7, 11) is 0. The highest BCUT2D eigenvalue weighted by atomic mass is 15.3. The summed E-state index contributed by atoms with van der Waals surface area (Å²) in [5.74, 6) is 0.489. The smallest absolute Gasteiger partial charge is 0.0794 e. The molecule has 0 saturated carbocycles. The molecule has 1 aliphatic heterocycles. The van der Waals surface area contributed by atoms with Gasteiger partial charge in [-0.1, -0.05) is 62.4 Å². The van der Waals surface area contributed by atoms with Gasteiger partial charge in [0.2, 0.25) is 0 Å². The maximum atomic E-state index is 5.24. The van der Waals surface area contributed by atoms with Crippen molar-refractivity contribution < 1.29 is 0 Å². The van der Waals surface area contributed by atoms with E-state index in [0.29, 0.717) is 5.92 Å². The molecule has 1 aromatic heterocycles. The Kier molecular flexibility index (Phi) is 6.38. The lowest BCUT2D eigenvalue weighted by atomic mass is 9.96. The quantitative estimate of drug-likeness (QED) is 0.326. The fourth-order valence-corrected chi connectivity index (χ4v) is 5.39. The standard InChI is InChI=1S/C31H36N4/c1-6-32-25-16-14-24(15-17-25)31-27-20-34(29-13-8-7-12-26(29)21(2)3)19-18-28(27)33-35(31)30-22(4)10-9-11-23(30)5/h7-17,21,32H,6,18-20H2,1-5H3. The van der Waals surface area contributed by atoms with Crippen molar-refractivity contribution in [1.29, 1.82) is 0 Å².